The topological polar surface area (TPSA) is 82.5 Å². The zero-order chi connectivity index (χ0) is 18.4. The van der Waals surface area contributed by atoms with Gasteiger partial charge in [0.1, 0.15) is 11.5 Å². The molecule has 1 aromatic carbocycles. The first-order chi connectivity index (χ1) is 12.0. The van der Waals surface area contributed by atoms with Gasteiger partial charge in [-0.2, -0.15) is 4.98 Å². The molecule has 0 atom stereocenters. The Balaban J connectivity index is 2.09. The second-order valence-electron chi connectivity index (χ2n) is 4.86. The average Bonchev–Trinajstić information content (AvgIpc) is 2.60. The number of thioether (sulfide) groups is 1. The number of benzene rings is 1. The Hall–Kier alpha value is -2.19. The fourth-order valence-electron chi connectivity index (χ4n) is 2.04. The molecule has 1 heterocycles. The van der Waals surface area contributed by atoms with E-state index in [9.17, 15) is 9.59 Å². The van der Waals surface area contributed by atoms with Gasteiger partial charge in [-0.3, -0.25) is 9.59 Å². The first-order valence-electron chi connectivity index (χ1n) is 7.40. The normalized spacial score (nSPS) is 10.4. The Kier molecular flexibility index (Phi) is 6.72. The molecule has 0 aliphatic heterocycles. The Morgan fingerprint density at radius 2 is 2.04 bits per heavy atom. The molecule has 0 radical (unpaired) electrons. The van der Waals surface area contributed by atoms with Crippen LogP contribution in [-0.2, 0) is 11.3 Å². The first-order valence-corrected chi connectivity index (χ1v) is 8.76. The third-order valence-corrected chi connectivity index (χ3v) is 4.56. The summed E-state index contributed by atoms with van der Waals surface area (Å²) in [6.45, 7) is 2.58. The molecule has 7 nitrogen and oxygen atoms in total. The highest BCUT2D eigenvalue weighted by atomic mass is 35.5. The molecule has 0 fully saturated rings. The number of halogens is 1. The predicted molar refractivity (Wildman–Crippen MR) is 98.1 cm³/mol. The third kappa shape index (κ3) is 4.90. The van der Waals surface area contributed by atoms with Crippen LogP contribution in [0.3, 0.4) is 0 Å². The molecular weight excluding hydrogens is 366 g/mol. The monoisotopic (exact) mass is 383 g/mol. The van der Waals surface area contributed by atoms with Gasteiger partial charge in [0.25, 0.3) is 5.56 Å². The summed E-state index contributed by atoms with van der Waals surface area (Å²) in [5.74, 6) is 0.697. The third-order valence-electron chi connectivity index (χ3n) is 3.27. The predicted octanol–water partition coefficient (Wildman–Crippen LogP) is 2.66. The van der Waals surface area contributed by atoms with Crippen LogP contribution in [0.5, 0.6) is 11.5 Å². The molecule has 2 aromatic rings. The van der Waals surface area contributed by atoms with Crippen molar-refractivity contribution >= 4 is 35.0 Å². The van der Waals surface area contributed by atoms with Gasteiger partial charge in [0.2, 0.25) is 5.91 Å². The molecule has 0 spiro atoms. The standard InChI is InChI=1S/C16H18ClN3O4S/c1-4-20-6-5-14(21)19-16(20)25-9-15(22)18-11-7-10(17)12(23-2)8-13(11)24-3/h5-8H,4,9H2,1-3H3,(H,18,22). The van der Waals surface area contributed by atoms with E-state index in [1.807, 2.05) is 6.92 Å². The number of carbonyl (C=O) groups excluding carboxylic acids is 1. The first kappa shape index (κ1) is 19.1. The van der Waals surface area contributed by atoms with Crippen LogP contribution in [0.25, 0.3) is 0 Å². The summed E-state index contributed by atoms with van der Waals surface area (Å²) >= 11 is 7.27. The van der Waals surface area contributed by atoms with Crippen LogP contribution in [0.2, 0.25) is 5.02 Å². The number of carbonyl (C=O) groups is 1. The van der Waals surface area contributed by atoms with Gasteiger partial charge >= 0.3 is 0 Å². The Labute approximate surface area is 154 Å². The number of anilines is 1. The van der Waals surface area contributed by atoms with Crippen LogP contribution in [0.15, 0.2) is 34.3 Å². The van der Waals surface area contributed by atoms with Gasteiger partial charge in [-0.1, -0.05) is 23.4 Å². The summed E-state index contributed by atoms with van der Waals surface area (Å²) < 4.78 is 12.2. The van der Waals surface area contributed by atoms with Crippen LogP contribution < -0.4 is 20.3 Å². The highest BCUT2D eigenvalue weighted by molar-refractivity contribution is 7.99. The quantitative estimate of drug-likeness (QED) is 0.584. The van der Waals surface area contributed by atoms with Gasteiger partial charge in [-0.25, -0.2) is 0 Å². The van der Waals surface area contributed by atoms with E-state index in [4.69, 9.17) is 21.1 Å². The molecule has 2 rings (SSSR count). The summed E-state index contributed by atoms with van der Waals surface area (Å²) in [6, 6.07) is 4.54. The smallest absolute Gasteiger partial charge is 0.273 e. The molecule has 0 unspecified atom stereocenters. The fourth-order valence-corrected chi connectivity index (χ4v) is 3.13. The minimum atomic E-state index is -0.337. The van der Waals surface area contributed by atoms with E-state index in [-0.39, 0.29) is 17.2 Å². The number of hydrogen-bond donors (Lipinski definition) is 1. The van der Waals surface area contributed by atoms with Crippen LogP contribution in [0.4, 0.5) is 5.69 Å². The van der Waals surface area contributed by atoms with E-state index in [2.05, 4.69) is 10.3 Å². The molecule has 0 bridgehead atoms. The lowest BCUT2D eigenvalue weighted by atomic mass is 10.2. The van der Waals surface area contributed by atoms with Crippen LogP contribution >= 0.6 is 23.4 Å². The maximum Gasteiger partial charge on any atom is 0.273 e. The Bertz CT molecular complexity index is 826. The molecule has 0 aliphatic carbocycles. The van der Waals surface area contributed by atoms with Crippen molar-refractivity contribution in [3.63, 3.8) is 0 Å². The minimum absolute atomic E-state index is 0.0866. The zero-order valence-corrected chi connectivity index (χ0v) is 15.6. The van der Waals surface area contributed by atoms with E-state index in [1.54, 1.807) is 22.9 Å². The summed E-state index contributed by atoms with van der Waals surface area (Å²) in [6.07, 6.45) is 1.65. The molecule has 1 amide bonds. The van der Waals surface area contributed by atoms with Gasteiger partial charge in [-0.05, 0) is 13.0 Å². The fraction of sp³-hybridized carbons (Fsp3) is 0.312. The van der Waals surface area contributed by atoms with Crippen molar-refractivity contribution in [1.82, 2.24) is 9.55 Å². The Morgan fingerprint density at radius 1 is 1.32 bits per heavy atom. The lowest BCUT2D eigenvalue weighted by Gasteiger charge is -2.13. The van der Waals surface area contributed by atoms with Crippen LogP contribution in [-0.4, -0.2) is 35.4 Å². The molecule has 1 N–H and O–H groups in total. The number of nitrogens with zero attached hydrogens (tertiary/aromatic N) is 2. The number of methoxy groups -OCH3 is 2. The number of nitrogens with one attached hydrogen (secondary N) is 1. The minimum Gasteiger partial charge on any atom is -0.495 e. The van der Waals surface area contributed by atoms with Gasteiger partial charge in [0.05, 0.1) is 30.7 Å². The van der Waals surface area contributed by atoms with Crippen molar-refractivity contribution in [1.29, 1.82) is 0 Å². The van der Waals surface area contributed by atoms with Gasteiger partial charge in [0.15, 0.2) is 5.16 Å². The van der Waals surface area contributed by atoms with E-state index in [1.165, 1.54) is 32.0 Å². The number of aromatic nitrogens is 2. The molecule has 134 valence electrons. The van der Waals surface area contributed by atoms with Crippen molar-refractivity contribution in [2.45, 2.75) is 18.6 Å². The number of rotatable bonds is 7. The summed E-state index contributed by atoms with van der Waals surface area (Å²) in [5, 5.41) is 3.58. The van der Waals surface area contributed by atoms with E-state index < -0.39 is 0 Å². The lowest BCUT2D eigenvalue weighted by molar-refractivity contribution is -0.113. The summed E-state index contributed by atoms with van der Waals surface area (Å²) in [7, 11) is 2.98. The highest BCUT2D eigenvalue weighted by Crippen LogP contribution is 2.35. The molecule has 25 heavy (non-hydrogen) atoms. The maximum atomic E-state index is 12.2. The van der Waals surface area contributed by atoms with E-state index >= 15 is 0 Å². The molecule has 1 aromatic heterocycles. The highest BCUT2D eigenvalue weighted by Gasteiger charge is 2.13. The van der Waals surface area contributed by atoms with Crippen molar-refractivity contribution in [3.8, 4) is 11.5 Å². The average molecular weight is 384 g/mol. The van der Waals surface area contributed by atoms with Crippen molar-refractivity contribution in [2.24, 2.45) is 0 Å². The number of amides is 1. The second-order valence-corrected chi connectivity index (χ2v) is 6.21. The number of hydrogen-bond acceptors (Lipinski definition) is 6. The maximum absolute atomic E-state index is 12.2. The largest absolute Gasteiger partial charge is 0.495 e. The second kappa shape index (κ2) is 8.77. The van der Waals surface area contributed by atoms with E-state index in [0.717, 1.165) is 0 Å². The van der Waals surface area contributed by atoms with Gasteiger partial charge in [-0.15, -0.1) is 0 Å². The van der Waals surface area contributed by atoms with Gasteiger partial charge in [0, 0.05) is 24.9 Å². The SMILES string of the molecule is CCn1ccc(=O)nc1SCC(=O)Nc1cc(Cl)c(OC)cc1OC. The molecule has 0 saturated carbocycles. The van der Waals surface area contributed by atoms with Crippen molar-refractivity contribution < 1.29 is 14.3 Å². The van der Waals surface area contributed by atoms with Crippen LogP contribution in [0, 0.1) is 0 Å². The van der Waals surface area contributed by atoms with E-state index in [0.29, 0.717) is 33.9 Å². The molecule has 0 saturated heterocycles. The summed E-state index contributed by atoms with van der Waals surface area (Å²) in [5.41, 5.74) is 0.101. The zero-order valence-electron chi connectivity index (χ0n) is 14.0. The number of ether oxygens (including phenoxy) is 2. The Morgan fingerprint density at radius 3 is 2.68 bits per heavy atom. The van der Waals surface area contributed by atoms with Crippen molar-refractivity contribution in [3.05, 3.63) is 39.8 Å². The molecule has 9 heteroatoms. The van der Waals surface area contributed by atoms with Crippen molar-refractivity contribution in [2.75, 3.05) is 25.3 Å². The summed E-state index contributed by atoms with van der Waals surface area (Å²) in [4.78, 5) is 27.5. The molecular formula is C16H18ClN3O4S. The molecule has 0 aliphatic rings. The van der Waals surface area contributed by atoms with Crippen LogP contribution in [0.1, 0.15) is 6.92 Å². The number of aryl methyl sites for hydroxylation is 1. The lowest BCUT2D eigenvalue weighted by Crippen LogP contribution is -2.17. The van der Waals surface area contributed by atoms with Gasteiger partial charge < -0.3 is 19.4 Å².